The minimum absolute atomic E-state index is 0.835. The van der Waals surface area contributed by atoms with Gasteiger partial charge in [0.25, 0.3) is 0 Å². The molecule has 0 spiro atoms. The van der Waals surface area contributed by atoms with Gasteiger partial charge in [0.15, 0.2) is 0 Å². The highest BCUT2D eigenvalue weighted by Crippen LogP contribution is 2.44. The van der Waals surface area contributed by atoms with Gasteiger partial charge in [-0.25, -0.2) is 0 Å². The monoisotopic (exact) mass is 272 g/mol. The van der Waals surface area contributed by atoms with E-state index in [-0.39, 0.29) is 0 Å². The maximum Gasteiger partial charge on any atom is 0.0233 e. The molecule has 1 aromatic rings. The minimum Gasteiger partial charge on any atom is -0.312 e. The van der Waals surface area contributed by atoms with Gasteiger partial charge >= 0.3 is 0 Å². The van der Waals surface area contributed by atoms with E-state index in [1.54, 1.807) is 0 Å². The zero-order valence-corrected chi connectivity index (χ0v) is 12.9. The van der Waals surface area contributed by atoms with Crippen molar-refractivity contribution in [1.29, 1.82) is 0 Å². The van der Waals surface area contributed by atoms with Crippen LogP contribution in [0.2, 0.25) is 0 Å². The molecule has 2 aliphatic rings. The summed E-state index contributed by atoms with van der Waals surface area (Å²) in [5.41, 5.74) is 2.86. The highest BCUT2D eigenvalue weighted by molar-refractivity contribution is 5.25. The van der Waals surface area contributed by atoms with Gasteiger partial charge in [0, 0.05) is 25.7 Å². The zero-order chi connectivity index (χ0) is 13.9. The van der Waals surface area contributed by atoms with Gasteiger partial charge in [-0.05, 0) is 62.6 Å². The van der Waals surface area contributed by atoms with E-state index in [1.165, 1.54) is 36.8 Å². The summed E-state index contributed by atoms with van der Waals surface area (Å²) in [7, 11) is 2.23. The lowest BCUT2D eigenvalue weighted by Crippen LogP contribution is -2.38. The molecule has 0 heterocycles. The molecule has 3 rings (SSSR count). The number of nitrogens with one attached hydrogen (secondary N) is 1. The Hall–Kier alpha value is -0.860. The summed E-state index contributed by atoms with van der Waals surface area (Å²) >= 11 is 0. The second-order valence-corrected chi connectivity index (χ2v) is 6.82. The second-order valence-electron chi connectivity index (χ2n) is 6.82. The van der Waals surface area contributed by atoms with Gasteiger partial charge < -0.3 is 10.2 Å². The second kappa shape index (κ2) is 6.28. The molecule has 0 amide bonds. The Morgan fingerprint density at radius 3 is 2.40 bits per heavy atom. The fraction of sp³-hybridized carbons (Fsp3) is 0.667. The fourth-order valence-corrected chi connectivity index (χ4v) is 3.21. The Balaban J connectivity index is 1.40. The van der Waals surface area contributed by atoms with Crippen LogP contribution in [-0.4, -0.2) is 31.1 Å². The number of nitrogens with zero attached hydrogens (tertiary/aromatic N) is 1. The number of likely N-dealkylation sites (N-methyl/N-ethyl adjacent to an activating group) is 1. The Morgan fingerprint density at radius 1 is 1.15 bits per heavy atom. The van der Waals surface area contributed by atoms with Crippen LogP contribution in [0.25, 0.3) is 0 Å². The van der Waals surface area contributed by atoms with Crippen molar-refractivity contribution in [3.05, 3.63) is 35.4 Å². The van der Waals surface area contributed by atoms with Gasteiger partial charge in [0.2, 0.25) is 0 Å². The van der Waals surface area contributed by atoms with Crippen LogP contribution in [-0.2, 0) is 6.54 Å². The molecule has 0 aliphatic heterocycles. The van der Waals surface area contributed by atoms with Crippen LogP contribution >= 0.6 is 0 Å². The molecule has 2 nitrogen and oxygen atoms in total. The first kappa shape index (κ1) is 14.1. The maximum absolute atomic E-state index is 3.83. The van der Waals surface area contributed by atoms with Crippen LogP contribution in [0, 0.1) is 18.8 Å². The number of benzene rings is 1. The van der Waals surface area contributed by atoms with Gasteiger partial charge in [-0.2, -0.15) is 0 Å². The Labute approximate surface area is 123 Å². The lowest BCUT2D eigenvalue weighted by atomic mass is 10.1. The summed E-state index contributed by atoms with van der Waals surface area (Å²) in [5.74, 6) is 2.01. The number of rotatable bonds is 8. The minimum atomic E-state index is 0.835. The van der Waals surface area contributed by atoms with E-state index >= 15 is 0 Å². The highest BCUT2D eigenvalue weighted by Gasteiger charge is 2.40. The van der Waals surface area contributed by atoms with Crippen LogP contribution in [0.15, 0.2) is 24.3 Å². The van der Waals surface area contributed by atoms with Crippen molar-refractivity contribution in [2.24, 2.45) is 11.8 Å². The Kier molecular flexibility index (Phi) is 4.42. The predicted octanol–water partition coefficient (Wildman–Crippen LogP) is 3.21. The third kappa shape index (κ3) is 3.83. The molecule has 110 valence electrons. The summed E-state index contributed by atoms with van der Waals surface area (Å²) in [6.07, 6.45) is 5.86. The van der Waals surface area contributed by atoms with E-state index in [9.17, 15) is 0 Å². The highest BCUT2D eigenvalue weighted by atomic mass is 15.1. The van der Waals surface area contributed by atoms with Gasteiger partial charge in [-0.3, -0.25) is 0 Å². The molecule has 1 aromatic carbocycles. The SMILES string of the molecule is Cc1ccccc1CN(C)CCNC(C1CC1)C1CC1. The van der Waals surface area contributed by atoms with Crippen molar-refractivity contribution < 1.29 is 0 Å². The van der Waals surface area contributed by atoms with Gasteiger partial charge in [-0.15, -0.1) is 0 Å². The largest absolute Gasteiger partial charge is 0.312 e. The molecular weight excluding hydrogens is 244 g/mol. The molecule has 2 heteroatoms. The van der Waals surface area contributed by atoms with Crippen LogP contribution in [0.3, 0.4) is 0 Å². The predicted molar refractivity (Wildman–Crippen MR) is 84.8 cm³/mol. The van der Waals surface area contributed by atoms with Crippen molar-refractivity contribution in [2.45, 2.75) is 45.2 Å². The molecule has 0 unspecified atom stereocenters. The normalized spacial score (nSPS) is 19.0. The van der Waals surface area contributed by atoms with Crippen molar-refractivity contribution in [3.63, 3.8) is 0 Å². The van der Waals surface area contributed by atoms with Crippen LogP contribution in [0.1, 0.15) is 36.8 Å². The summed E-state index contributed by atoms with van der Waals surface area (Å²) < 4.78 is 0. The molecule has 0 radical (unpaired) electrons. The van der Waals surface area contributed by atoms with Crippen molar-refractivity contribution >= 4 is 0 Å². The lowest BCUT2D eigenvalue weighted by Gasteiger charge is -2.22. The average molecular weight is 272 g/mol. The molecule has 0 atom stereocenters. The van der Waals surface area contributed by atoms with Crippen molar-refractivity contribution in [1.82, 2.24) is 10.2 Å². The molecule has 0 aromatic heterocycles. The first-order valence-corrected chi connectivity index (χ1v) is 8.20. The first-order valence-electron chi connectivity index (χ1n) is 8.20. The quantitative estimate of drug-likeness (QED) is 0.782. The molecule has 2 saturated carbocycles. The van der Waals surface area contributed by atoms with Crippen molar-refractivity contribution in [3.8, 4) is 0 Å². The van der Waals surface area contributed by atoms with E-state index in [1.807, 2.05) is 0 Å². The van der Waals surface area contributed by atoms with Crippen LogP contribution < -0.4 is 5.32 Å². The van der Waals surface area contributed by atoms with E-state index < -0.39 is 0 Å². The third-order valence-electron chi connectivity index (χ3n) is 4.83. The molecular formula is C18H28N2. The molecule has 1 N–H and O–H groups in total. The molecule has 0 bridgehead atoms. The van der Waals surface area contributed by atoms with E-state index in [0.717, 1.165) is 37.5 Å². The van der Waals surface area contributed by atoms with E-state index in [0.29, 0.717) is 0 Å². The maximum atomic E-state index is 3.83. The number of hydrogen-bond donors (Lipinski definition) is 1. The molecule has 2 fully saturated rings. The summed E-state index contributed by atoms with van der Waals surface area (Å²) in [6, 6.07) is 9.55. The first-order chi connectivity index (χ1) is 9.74. The molecule has 20 heavy (non-hydrogen) atoms. The van der Waals surface area contributed by atoms with Crippen molar-refractivity contribution in [2.75, 3.05) is 20.1 Å². The van der Waals surface area contributed by atoms with E-state index in [2.05, 4.69) is 48.5 Å². The Bertz CT molecular complexity index is 423. The smallest absolute Gasteiger partial charge is 0.0233 e. The summed E-state index contributed by atoms with van der Waals surface area (Å²) in [4.78, 5) is 2.44. The van der Waals surface area contributed by atoms with Gasteiger partial charge in [0.05, 0.1) is 0 Å². The molecule has 2 aliphatic carbocycles. The Morgan fingerprint density at radius 2 is 1.80 bits per heavy atom. The average Bonchev–Trinajstić information content (AvgIpc) is 3.30. The summed E-state index contributed by atoms with van der Waals surface area (Å²) in [5, 5.41) is 3.83. The standard InChI is InChI=1S/C18H28N2/c1-14-5-3-4-6-17(14)13-20(2)12-11-19-18(15-7-8-15)16-9-10-16/h3-6,15-16,18-19H,7-13H2,1-2H3. The molecule has 0 saturated heterocycles. The van der Waals surface area contributed by atoms with E-state index in [4.69, 9.17) is 0 Å². The number of hydrogen-bond acceptors (Lipinski definition) is 2. The van der Waals surface area contributed by atoms with Gasteiger partial charge in [-0.1, -0.05) is 24.3 Å². The third-order valence-corrected chi connectivity index (χ3v) is 4.83. The number of aryl methyl sites for hydroxylation is 1. The zero-order valence-electron chi connectivity index (χ0n) is 12.9. The van der Waals surface area contributed by atoms with Crippen LogP contribution in [0.4, 0.5) is 0 Å². The fourth-order valence-electron chi connectivity index (χ4n) is 3.21. The topological polar surface area (TPSA) is 15.3 Å². The lowest BCUT2D eigenvalue weighted by molar-refractivity contribution is 0.305. The van der Waals surface area contributed by atoms with Gasteiger partial charge in [0.1, 0.15) is 0 Å². The van der Waals surface area contributed by atoms with Crippen LogP contribution in [0.5, 0.6) is 0 Å². The summed E-state index contributed by atoms with van der Waals surface area (Å²) in [6.45, 7) is 5.55.